The molecule has 5 heteroatoms. The summed E-state index contributed by atoms with van der Waals surface area (Å²) in [5.74, 6) is -0.341. The number of anilines is 1. The van der Waals surface area contributed by atoms with Gasteiger partial charge in [-0.05, 0) is 24.3 Å². The van der Waals surface area contributed by atoms with Crippen LogP contribution in [-0.4, -0.2) is 5.97 Å². The molecule has 0 aromatic heterocycles. The smallest absolute Gasteiger partial charge is 0.340 e. The molecular formula is C14H9Cl2NO2. The number of esters is 1. The van der Waals surface area contributed by atoms with Crippen molar-refractivity contribution in [2.45, 2.75) is 6.23 Å². The lowest BCUT2D eigenvalue weighted by Gasteiger charge is -2.15. The summed E-state index contributed by atoms with van der Waals surface area (Å²) in [6.07, 6.45) is -0.542. The van der Waals surface area contributed by atoms with Crippen LogP contribution in [0.4, 0.5) is 5.69 Å². The fraction of sp³-hybridized carbons (Fsp3) is 0.0714. The van der Waals surface area contributed by atoms with Gasteiger partial charge in [0.15, 0.2) is 0 Å². The largest absolute Gasteiger partial charge is 0.434 e. The van der Waals surface area contributed by atoms with E-state index in [2.05, 4.69) is 5.32 Å². The molecule has 0 saturated carbocycles. The second kappa shape index (κ2) is 4.76. The van der Waals surface area contributed by atoms with Gasteiger partial charge in [0.1, 0.15) is 0 Å². The minimum atomic E-state index is -0.542. The van der Waals surface area contributed by atoms with Gasteiger partial charge in [-0.25, -0.2) is 4.79 Å². The summed E-state index contributed by atoms with van der Waals surface area (Å²) in [6, 6.07) is 12.3. The third kappa shape index (κ3) is 2.27. The topological polar surface area (TPSA) is 38.3 Å². The summed E-state index contributed by atoms with van der Waals surface area (Å²) in [5, 5.41) is 4.16. The average molecular weight is 294 g/mol. The fourth-order valence-electron chi connectivity index (χ4n) is 2.00. The predicted molar refractivity (Wildman–Crippen MR) is 74.7 cm³/mol. The van der Waals surface area contributed by atoms with E-state index in [1.807, 2.05) is 12.1 Å². The highest BCUT2D eigenvalue weighted by atomic mass is 35.5. The van der Waals surface area contributed by atoms with Crippen LogP contribution in [0.25, 0.3) is 0 Å². The Hall–Kier alpha value is -1.71. The normalized spacial score (nSPS) is 16.9. The number of nitrogens with one attached hydrogen (secondary N) is 1. The van der Waals surface area contributed by atoms with Crippen molar-refractivity contribution < 1.29 is 9.53 Å². The van der Waals surface area contributed by atoms with Crippen LogP contribution in [-0.2, 0) is 4.74 Å². The van der Waals surface area contributed by atoms with Crippen LogP contribution in [0.15, 0.2) is 42.5 Å². The van der Waals surface area contributed by atoms with Gasteiger partial charge in [-0.15, -0.1) is 0 Å². The van der Waals surface area contributed by atoms with E-state index < -0.39 is 6.23 Å². The summed E-state index contributed by atoms with van der Waals surface area (Å²) < 4.78 is 5.28. The zero-order valence-corrected chi connectivity index (χ0v) is 11.2. The molecule has 0 spiro atoms. The lowest BCUT2D eigenvalue weighted by Crippen LogP contribution is -2.10. The molecule has 0 fully saturated rings. The van der Waals surface area contributed by atoms with Gasteiger partial charge in [-0.3, -0.25) is 0 Å². The van der Waals surface area contributed by atoms with Gasteiger partial charge in [-0.2, -0.15) is 0 Å². The first-order valence-electron chi connectivity index (χ1n) is 5.66. The molecule has 3 rings (SSSR count). The Kier molecular flexibility index (Phi) is 3.09. The summed E-state index contributed by atoms with van der Waals surface area (Å²) in [7, 11) is 0. The Labute approximate surface area is 120 Å². The number of carbonyl (C=O) groups is 1. The third-order valence-electron chi connectivity index (χ3n) is 2.90. The van der Waals surface area contributed by atoms with Crippen LogP contribution in [0.1, 0.15) is 22.1 Å². The average Bonchev–Trinajstić information content (AvgIpc) is 2.72. The van der Waals surface area contributed by atoms with Crippen molar-refractivity contribution in [3.63, 3.8) is 0 Å². The van der Waals surface area contributed by atoms with Crippen molar-refractivity contribution in [1.82, 2.24) is 0 Å². The standard InChI is InChI=1S/C14H9Cl2NO2/c15-8-5-6-11(16)12(7-8)17-13-9-3-1-2-4-10(9)14(18)19-13/h1-7,13,17H. The van der Waals surface area contributed by atoms with Crippen molar-refractivity contribution in [3.8, 4) is 0 Å². The van der Waals surface area contributed by atoms with Gasteiger partial charge < -0.3 is 10.1 Å². The number of cyclic esters (lactones) is 1. The Morgan fingerprint density at radius 1 is 1.11 bits per heavy atom. The second-order valence-electron chi connectivity index (χ2n) is 4.14. The number of fused-ring (bicyclic) bond motifs is 1. The first-order chi connectivity index (χ1) is 9.15. The van der Waals surface area contributed by atoms with Gasteiger partial charge in [0.05, 0.1) is 16.3 Å². The molecule has 0 radical (unpaired) electrons. The van der Waals surface area contributed by atoms with Gasteiger partial charge in [0.2, 0.25) is 6.23 Å². The van der Waals surface area contributed by atoms with Gasteiger partial charge in [0.25, 0.3) is 0 Å². The van der Waals surface area contributed by atoms with E-state index in [-0.39, 0.29) is 5.97 Å². The van der Waals surface area contributed by atoms with Gasteiger partial charge in [-0.1, -0.05) is 41.4 Å². The van der Waals surface area contributed by atoms with E-state index in [0.717, 1.165) is 5.56 Å². The lowest BCUT2D eigenvalue weighted by molar-refractivity contribution is 0.0437. The van der Waals surface area contributed by atoms with E-state index in [0.29, 0.717) is 21.3 Å². The van der Waals surface area contributed by atoms with Crippen LogP contribution < -0.4 is 5.32 Å². The van der Waals surface area contributed by atoms with Crippen LogP contribution in [0.3, 0.4) is 0 Å². The molecule has 1 N–H and O–H groups in total. The number of hydrogen-bond donors (Lipinski definition) is 1. The van der Waals surface area contributed by atoms with Crippen LogP contribution >= 0.6 is 23.2 Å². The van der Waals surface area contributed by atoms with Crippen molar-refractivity contribution in [3.05, 3.63) is 63.6 Å². The minimum absolute atomic E-state index is 0.341. The number of benzene rings is 2. The van der Waals surface area contributed by atoms with E-state index in [1.54, 1.807) is 30.3 Å². The van der Waals surface area contributed by atoms with Crippen molar-refractivity contribution in [2.24, 2.45) is 0 Å². The molecule has 1 aliphatic heterocycles. The molecule has 2 aromatic rings. The molecule has 19 heavy (non-hydrogen) atoms. The molecule has 0 aliphatic carbocycles. The molecule has 1 atom stereocenters. The molecule has 1 heterocycles. The highest BCUT2D eigenvalue weighted by Gasteiger charge is 2.30. The molecule has 1 aliphatic rings. The summed E-state index contributed by atoms with van der Waals surface area (Å²) >= 11 is 12.0. The van der Waals surface area contributed by atoms with E-state index in [4.69, 9.17) is 27.9 Å². The van der Waals surface area contributed by atoms with Crippen LogP contribution in [0.5, 0.6) is 0 Å². The Morgan fingerprint density at radius 2 is 1.89 bits per heavy atom. The Balaban J connectivity index is 1.93. The monoisotopic (exact) mass is 293 g/mol. The van der Waals surface area contributed by atoms with Crippen molar-refractivity contribution in [2.75, 3.05) is 5.32 Å². The van der Waals surface area contributed by atoms with E-state index in [9.17, 15) is 4.79 Å². The first kappa shape index (κ1) is 12.3. The molecule has 1 unspecified atom stereocenters. The SMILES string of the molecule is O=C1OC(Nc2cc(Cl)ccc2Cl)c2ccccc21. The Morgan fingerprint density at radius 3 is 2.74 bits per heavy atom. The zero-order chi connectivity index (χ0) is 13.4. The van der Waals surface area contributed by atoms with E-state index >= 15 is 0 Å². The molecule has 2 aromatic carbocycles. The summed E-state index contributed by atoms with van der Waals surface area (Å²) in [6.45, 7) is 0. The summed E-state index contributed by atoms with van der Waals surface area (Å²) in [4.78, 5) is 11.7. The van der Waals surface area contributed by atoms with Crippen molar-refractivity contribution in [1.29, 1.82) is 0 Å². The van der Waals surface area contributed by atoms with Crippen LogP contribution in [0, 0.1) is 0 Å². The quantitative estimate of drug-likeness (QED) is 0.840. The van der Waals surface area contributed by atoms with Gasteiger partial charge in [0, 0.05) is 10.6 Å². The number of rotatable bonds is 2. The molecule has 96 valence electrons. The maximum Gasteiger partial charge on any atom is 0.340 e. The highest BCUT2D eigenvalue weighted by molar-refractivity contribution is 6.35. The predicted octanol–water partition coefficient (Wildman–Crippen LogP) is 4.27. The molecular weight excluding hydrogens is 285 g/mol. The molecule has 3 nitrogen and oxygen atoms in total. The molecule has 0 bridgehead atoms. The highest BCUT2D eigenvalue weighted by Crippen LogP contribution is 2.34. The lowest BCUT2D eigenvalue weighted by atomic mass is 10.1. The minimum Gasteiger partial charge on any atom is -0.434 e. The van der Waals surface area contributed by atoms with Gasteiger partial charge >= 0.3 is 5.97 Å². The van der Waals surface area contributed by atoms with E-state index in [1.165, 1.54) is 0 Å². The summed E-state index contributed by atoms with van der Waals surface area (Å²) in [5.41, 5.74) is 1.99. The fourth-order valence-corrected chi connectivity index (χ4v) is 2.35. The Bertz CT molecular complexity index is 658. The van der Waals surface area contributed by atoms with Crippen LogP contribution in [0.2, 0.25) is 10.0 Å². The zero-order valence-electron chi connectivity index (χ0n) is 9.69. The molecule has 0 saturated heterocycles. The number of carbonyl (C=O) groups excluding carboxylic acids is 1. The van der Waals surface area contributed by atoms with Crippen molar-refractivity contribution >= 4 is 34.9 Å². The second-order valence-corrected chi connectivity index (χ2v) is 4.98. The number of hydrogen-bond acceptors (Lipinski definition) is 3. The number of ether oxygens (including phenoxy) is 1. The molecule has 0 amide bonds. The number of halogens is 2. The first-order valence-corrected chi connectivity index (χ1v) is 6.42. The maximum atomic E-state index is 11.7. The maximum absolute atomic E-state index is 11.7. The third-order valence-corrected chi connectivity index (χ3v) is 3.47.